The molecule has 0 aromatic carbocycles. The minimum Gasteiger partial charge on any atom is -0.550 e. The van der Waals surface area contributed by atoms with E-state index < -0.39 is 23.9 Å². The van der Waals surface area contributed by atoms with Crippen LogP contribution in [0.25, 0.3) is 0 Å². The van der Waals surface area contributed by atoms with E-state index in [2.05, 4.69) is 27.7 Å². The molecule has 10 heteroatoms. The van der Waals surface area contributed by atoms with Crippen LogP contribution in [-0.4, -0.2) is 23.9 Å². The van der Waals surface area contributed by atoms with Gasteiger partial charge >= 0.3 is 42.1 Å². The van der Waals surface area contributed by atoms with Gasteiger partial charge in [0.2, 0.25) is 0 Å². The van der Waals surface area contributed by atoms with Gasteiger partial charge in [-0.15, -0.1) is 0 Å². The van der Waals surface area contributed by atoms with Crippen LogP contribution in [-0.2, 0) is 61.3 Å². The summed E-state index contributed by atoms with van der Waals surface area (Å²) in [6.45, 7) is 8.93. The summed E-state index contributed by atoms with van der Waals surface area (Å²) in [6.07, 6.45) is 50.4. The SMILES string of the molecule is CCCCCCCCCCCCC(=O)[O-].CCCCCCCCCCCCC(=O)[O-].CCCCCCCCCCCCC(=O)[O-].CCCCCCCCCCCCC(=O)[O-].[Mo+2].[Mo+2]. The number of aliphatic carboxylic acids is 4. The number of carbonyl (C=O) groups excluding carboxylic acids is 4. The Balaban J connectivity index is -0.000000167. The minimum absolute atomic E-state index is 0. The van der Waals surface area contributed by atoms with E-state index in [0.717, 1.165) is 51.4 Å². The van der Waals surface area contributed by atoms with Crippen molar-refractivity contribution < 1.29 is 81.7 Å². The topological polar surface area (TPSA) is 161 Å². The van der Waals surface area contributed by atoms with Crippen molar-refractivity contribution in [3.63, 3.8) is 0 Å². The average molecular weight is 1050 g/mol. The Morgan fingerprint density at radius 1 is 0.210 bits per heavy atom. The molecule has 0 aliphatic carbocycles. The number of carbonyl (C=O) groups is 4. The van der Waals surface area contributed by atoms with Gasteiger partial charge in [0.1, 0.15) is 0 Å². The summed E-state index contributed by atoms with van der Waals surface area (Å²) in [4.78, 5) is 40.5. The van der Waals surface area contributed by atoms with Crippen LogP contribution in [0, 0.1) is 0 Å². The molecular formula is C52H100Mo2O8. The van der Waals surface area contributed by atoms with Gasteiger partial charge in [0.25, 0.3) is 0 Å². The quantitative estimate of drug-likeness (QED) is 0.0430. The zero-order chi connectivity index (χ0) is 45.4. The Morgan fingerprint density at radius 3 is 0.403 bits per heavy atom. The van der Waals surface area contributed by atoms with E-state index in [4.69, 9.17) is 0 Å². The Morgan fingerprint density at radius 2 is 0.306 bits per heavy atom. The van der Waals surface area contributed by atoms with Crippen LogP contribution >= 0.6 is 0 Å². The smallest absolute Gasteiger partial charge is 0.550 e. The largest absolute Gasteiger partial charge is 2.00 e. The van der Waals surface area contributed by atoms with E-state index >= 15 is 0 Å². The number of carboxylic acid groups (broad SMARTS) is 4. The minimum atomic E-state index is -0.908. The molecule has 368 valence electrons. The molecule has 0 amide bonds. The first-order valence-corrected chi connectivity index (χ1v) is 25.9. The van der Waals surface area contributed by atoms with Crippen molar-refractivity contribution in [1.29, 1.82) is 0 Å². The molecule has 0 fully saturated rings. The molecule has 0 aliphatic rings. The van der Waals surface area contributed by atoms with Crippen LogP contribution in [0.15, 0.2) is 0 Å². The number of rotatable bonds is 44. The van der Waals surface area contributed by atoms with Gasteiger partial charge < -0.3 is 39.6 Å². The van der Waals surface area contributed by atoms with Crippen LogP contribution in [0.3, 0.4) is 0 Å². The maximum absolute atomic E-state index is 10.1. The van der Waals surface area contributed by atoms with Gasteiger partial charge in [-0.05, 0) is 51.4 Å². The first kappa shape index (κ1) is 72.8. The van der Waals surface area contributed by atoms with Crippen LogP contribution in [0.4, 0.5) is 0 Å². The summed E-state index contributed by atoms with van der Waals surface area (Å²) in [6, 6.07) is 0. The zero-order valence-electron chi connectivity index (χ0n) is 41.2. The average Bonchev–Trinajstić information content (AvgIpc) is 3.21. The number of carboxylic acids is 4. The third-order valence-electron chi connectivity index (χ3n) is 10.9. The van der Waals surface area contributed by atoms with E-state index in [9.17, 15) is 39.6 Å². The number of hydrogen-bond acceptors (Lipinski definition) is 8. The van der Waals surface area contributed by atoms with Crippen LogP contribution < -0.4 is 20.4 Å². The second-order valence-electron chi connectivity index (χ2n) is 17.2. The van der Waals surface area contributed by atoms with Crippen molar-refractivity contribution in [2.24, 2.45) is 0 Å². The van der Waals surface area contributed by atoms with E-state index in [0.29, 0.717) is 0 Å². The van der Waals surface area contributed by atoms with E-state index in [1.165, 1.54) is 205 Å². The Labute approximate surface area is 413 Å². The van der Waals surface area contributed by atoms with Crippen molar-refractivity contribution >= 4 is 23.9 Å². The molecule has 0 bridgehead atoms. The van der Waals surface area contributed by atoms with Crippen LogP contribution in [0.2, 0.25) is 0 Å². The monoisotopic (exact) mass is 1050 g/mol. The Kier molecular flexibility index (Phi) is 81.4. The Bertz CT molecular complexity index is 723. The molecule has 0 heterocycles. The fourth-order valence-electron chi connectivity index (χ4n) is 7.03. The molecule has 0 aromatic heterocycles. The summed E-state index contributed by atoms with van der Waals surface area (Å²) in [5.74, 6) is -3.63. The molecule has 8 nitrogen and oxygen atoms in total. The molecule has 0 rings (SSSR count). The number of unbranched alkanes of at least 4 members (excludes halogenated alkanes) is 36. The van der Waals surface area contributed by atoms with Gasteiger partial charge in [-0.1, -0.05) is 259 Å². The second-order valence-corrected chi connectivity index (χ2v) is 17.2. The van der Waals surface area contributed by atoms with Gasteiger partial charge in [-0.3, -0.25) is 0 Å². The predicted molar refractivity (Wildman–Crippen MR) is 246 cm³/mol. The molecule has 0 spiro atoms. The Hall–Kier alpha value is -0.743. The van der Waals surface area contributed by atoms with Crippen molar-refractivity contribution in [3.8, 4) is 0 Å². The van der Waals surface area contributed by atoms with Crippen molar-refractivity contribution in [1.82, 2.24) is 0 Å². The molecule has 0 atom stereocenters. The van der Waals surface area contributed by atoms with Crippen LogP contribution in [0.5, 0.6) is 0 Å². The van der Waals surface area contributed by atoms with Gasteiger partial charge in [0.15, 0.2) is 0 Å². The molecule has 0 saturated carbocycles. The van der Waals surface area contributed by atoms with Gasteiger partial charge in [0.05, 0.1) is 0 Å². The van der Waals surface area contributed by atoms with Gasteiger partial charge in [0, 0.05) is 23.9 Å². The predicted octanol–water partition coefficient (Wildman–Crippen LogP) is 12.2. The fraction of sp³-hybridized carbons (Fsp3) is 0.923. The van der Waals surface area contributed by atoms with Gasteiger partial charge in [-0.2, -0.15) is 0 Å². The second kappa shape index (κ2) is 69.3. The molecule has 62 heavy (non-hydrogen) atoms. The molecule has 0 radical (unpaired) electrons. The van der Waals surface area contributed by atoms with E-state index in [-0.39, 0.29) is 67.8 Å². The first-order valence-electron chi connectivity index (χ1n) is 25.9. The summed E-state index contributed by atoms with van der Waals surface area (Å²) < 4.78 is 0. The zero-order valence-corrected chi connectivity index (χ0v) is 45.2. The summed E-state index contributed by atoms with van der Waals surface area (Å²) in [7, 11) is 0. The summed E-state index contributed by atoms with van der Waals surface area (Å²) in [5, 5.41) is 40.5. The van der Waals surface area contributed by atoms with Crippen molar-refractivity contribution in [2.45, 2.75) is 310 Å². The molecule has 0 aliphatic heterocycles. The molecular weight excluding hydrogens is 944 g/mol. The van der Waals surface area contributed by atoms with Gasteiger partial charge in [-0.25, -0.2) is 0 Å². The molecule has 0 saturated heterocycles. The standard InChI is InChI=1S/4C13H26O2.2Mo/c4*1-2-3-4-5-6-7-8-9-10-11-12-13(14)15;;/h4*2-12H2,1H3,(H,14,15);;/q;;;;2*+2/p-4. The molecule has 0 unspecified atom stereocenters. The van der Waals surface area contributed by atoms with E-state index in [1.54, 1.807) is 0 Å². The summed E-state index contributed by atoms with van der Waals surface area (Å²) in [5.41, 5.74) is 0. The van der Waals surface area contributed by atoms with Crippen molar-refractivity contribution in [3.05, 3.63) is 0 Å². The molecule has 0 aromatic rings. The third kappa shape index (κ3) is 90.1. The maximum Gasteiger partial charge on any atom is 2.00 e. The fourth-order valence-corrected chi connectivity index (χ4v) is 7.03. The normalized spacial score (nSPS) is 10.1. The van der Waals surface area contributed by atoms with E-state index in [1.807, 2.05) is 0 Å². The first-order chi connectivity index (χ1) is 29.1. The number of hydrogen-bond donors (Lipinski definition) is 0. The molecule has 0 N–H and O–H groups in total. The van der Waals surface area contributed by atoms with Crippen LogP contribution in [0.1, 0.15) is 310 Å². The van der Waals surface area contributed by atoms with Crippen molar-refractivity contribution in [2.75, 3.05) is 0 Å². The third-order valence-corrected chi connectivity index (χ3v) is 10.9. The summed E-state index contributed by atoms with van der Waals surface area (Å²) >= 11 is 0. The maximum atomic E-state index is 10.1.